The number of amidine groups is 3. The molecule has 2 aliphatic rings. The number of anilines is 6. The number of nitrogens with two attached hydrogens (primary N) is 1. The van der Waals surface area contributed by atoms with Crippen LogP contribution in [0.15, 0.2) is 186 Å². The van der Waals surface area contributed by atoms with E-state index in [0.717, 1.165) is 24.5 Å². The number of nitrogens with one attached hydrogen (secondary N) is 7. The summed E-state index contributed by atoms with van der Waals surface area (Å²) in [5, 5.41) is 56.3. The van der Waals surface area contributed by atoms with Crippen LogP contribution in [0.25, 0.3) is 0 Å². The largest absolute Gasteiger partial charge is 0.506 e. The van der Waals surface area contributed by atoms with Crippen molar-refractivity contribution in [2.45, 2.75) is 0 Å². The number of phenols is 3. The van der Waals surface area contributed by atoms with Crippen LogP contribution in [0.1, 0.15) is 78.8 Å². The number of rotatable bonds is 15. The predicted molar refractivity (Wildman–Crippen MR) is 374 cm³/mol. The van der Waals surface area contributed by atoms with Crippen molar-refractivity contribution >= 4 is 134 Å². The number of aromatic nitrogens is 3. The zero-order chi connectivity index (χ0) is 69.3. The molecule has 0 atom stereocenters. The van der Waals surface area contributed by atoms with Gasteiger partial charge in [0, 0.05) is 96.8 Å². The Hall–Kier alpha value is -11.5. The van der Waals surface area contributed by atoms with Gasteiger partial charge in [0.05, 0.1) is 68.6 Å². The third kappa shape index (κ3) is 18.5. The van der Waals surface area contributed by atoms with Crippen LogP contribution in [0.5, 0.6) is 17.2 Å². The number of aliphatic imine (C=N–C) groups is 2. The van der Waals surface area contributed by atoms with Crippen molar-refractivity contribution in [2.75, 3.05) is 85.4 Å². The zero-order valence-electron chi connectivity index (χ0n) is 51.4. The van der Waals surface area contributed by atoms with Gasteiger partial charge in [-0.05, 0) is 103 Å². The molecule has 3 aromatic heterocycles. The number of phenolic OH excluding ortho intramolecular Hbond substituents is 3. The van der Waals surface area contributed by atoms with E-state index < -0.39 is 35.4 Å². The molecule has 0 saturated carbocycles. The summed E-state index contributed by atoms with van der Waals surface area (Å²) in [6.07, 6.45) is 4.17. The van der Waals surface area contributed by atoms with Crippen LogP contribution in [-0.2, 0) is 4.74 Å². The Morgan fingerprint density at radius 2 is 0.887 bits per heavy atom. The van der Waals surface area contributed by atoms with Crippen LogP contribution in [0.3, 0.4) is 0 Å². The minimum atomic E-state index is -0.634. The number of likely N-dealkylation sites (N-methyl/N-ethyl adjacent to an activating group) is 1. The van der Waals surface area contributed by atoms with Crippen LogP contribution in [0, 0.1) is 5.41 Å². The van der Waals surface area contributed by atoms with E-state index in [1.165, 1.54) is 79.3 Å². The topological polar surface area (TPSA) is 364 Å². The molecule has 11 rings (SSSR count). The second kappa shape index (κ2) is 32.6. The van der Waals surface area contributed by atoms with Crippen molar-refractivity contribution in [1.82, 2.24) is 24.8 Å². The van der Waals surface area contributed by atoms with E-state index in [0.29, 0.717) is 75.3 Å². The first-order valence-corrected chi connectivity index (χ1v) is 30.7. The molecule has 1 fully saturated rings. The summed E-state index contributed by atoms with van der Waals surface area (Å²) in [6.45, 7) is 4.05. The van der Waals surface area contributed by atoms with Gasteiger partial charge in [-0.2, -0.15) is 0 Å². The summed E-state index contributed by atoms with van der Waals surface area (Å²) in [6, 6.07) is 40.6. The number of morpholine rings is 1. The number of para-hydroxylation sites is 2. The number of ether oxygens (including phenoxy) is 1. The number of pyridine rings is 3. The molecule has 5 heterocycles. The quantitative estimate of drug-likeness (QED) is 0.0258. The lowest BCUT2D eigenvalue weighted by atomic mass is 10.1. The van der Waals surface area contributed by atoms with Crippen molar-refractivity contribution < 1.29 is 48.8 Å². The Labute approximate surface area is 574 Å². The number of hydrogen-bond donors (Lipinski definition) is 11. The third-order valence-electron chi connectivity index (χ3n) is 14.4. The molecule has 0 aliphatic carbocycles. The number of aromatic hydroxyl groups is 3. The highest BCUT2D eigenvalue weighted by Crippen LogP contribution is 2.34. The molecule has 25 nitrogen and oxygen atoms in total. The highest BCUT2D eigenvalue weighted by molar-refractivity contribution is 6.32. The molecule has 0 unspecified atom stereocenters. The molecule has 1 saturated heterocycles. The van der Waals surface area contributed by atoms with Gasteiger partial charge in [0.15, 0.2) is 0 Å². The molecule has 2 aliphatic heterocycles. The number of halogens is 4. The first-order valence-electron chi connectivity index (χ1n) is 29.2. The van der Waals surface area contributed by atoms with Crippen molar-refractivity contribution in [1.29, 1.82) is 5.41 Å². The molecule has 6 amide bonds. The summed E-state index contributed by atoms with van der Waals surface area (Å²) < 4.78 is 5.32. The Bertz CT molecular complexity index is 4470. The second-order valence-corrected chi connectivity index (χ2v) is 22.7. The standard InChI is InChI=1S/C24H22ClN5O4.C23H20ClN5O3.C21H17Cl2N5O3/c25-17-8-9-20(27-14-17)28-24(33)18-2-1-3-19(31)21(18)29-23(32)16-6-4-15(5-7-16)22(26)30-10-12-34-13-11-30;1-29-12-11-25-21(29)14-5-7-15(8-6-14)22(31)28-20-17(3-2-4-18(20)30)23(32)27-19-10-9-16(24)13-26-19;1-25-19(24)11-2-4-12(5-3-11)20(30)28-18-15(8-14(23)9-16(18)29)21(31)27-17-7-6-13(22)10-26-17/h1-9,14,26,31H,10-13H2,(H,29,32)(H,27,28,33);2-10,13,30H,11-12H2,1H3,(H,28,31)(H,26,27,32);2-10,29H,1H3,(H2,24,25)(H,28,30)(H,26,27,31). The molecule has 6 aromatic carbocycles. The Balaban J connectivity index is 0.000000171. The summed E-state index contributed by atoms with van der Waals surface area (Å²) in [4.78, 5) is 101. The maximum Gasteiger partial charge on any atom is 0.259 e. The molecule has 0 radical (unpaired) electrons. The normalized spacial score (nSPS) is 12.5. The van der Waals surface area contributed by atoms with Gasteiger partial charge in [0.2, 0.25) is 0 Å². The van der Waals surface area contributed by atoms with Gasteiger partial charge in [-0.25, -0.2) is 15.0 Å². The molecule has 494 valence electrons. The zero-order valence-corrected chi connectivity index (χ0v) is 54.4. The van der Waals surface area contributed by atoms with Gasteiger partial charge >= 0.3 is 0 Å². The van der Waals surface area contributed by atoms with E-state index in [-0.39, 0.29) is 79.0 Å². The fourth-order valence-electron chi connectivity index (χ4n) is 9.37. The summed E-state index contributed by atoms with van der Waals surface area (Å²) >= 11 is 23.4. The van der Waals surface area contributed by atoms with Crippen molar-refractivity contribution in [3.05, 3.63) is 246 Å². The van der Waals surface area contributed by atoms with Crippen LogP contribution in [-0.4, -0.2) is 147 Å². The summed E-state index contributed by atoms with van der Waals surface area (Å²) in [7, 11) is 3.53. The first-order chi connectivity index (χ1) is 46.6. The van der Waals surface area contributed by atoms with E-state index in [4.69, 9.17) is 62.3 Å². The van der Waals surface area contributed by atoms with Crippen LogP contribution in [0.2, 0.25) is 20.1 Å². The van der Waals surface area contributed by atoms with E-state index in [2.05, 4.69) is 61.7 Å². The monoisotopic (exact) mass is 1390 g/mol. The number of carbonyl (C=O) groups is 6. The van der Waals surface area contributed by atoms with Gasteiger partial charge in [-0.3, -0.25) is 44.2 Å². The highest BCUT2D eigenvalue weighted by atomic mass is 35.5. The average molecular weight is 1390 g/mol. The first kappa shape index (κ1) is 69.9. The van der Waals surface area contributed by atoms with E-state index in [1.807, 2.05) is 24.1 Å². The van der Waals surface area contributed by atoms with Gasteiger partial charge in [0.25, 0.3) is 35.4 Å². The molecule has 0 bridgehead atoms. The Morgan fingerprint density at radius 3 is 1.29 bits per heavy atom. The van der Waals surface area contributed by atoms with E-state index in [9.17, 15) is 44.1 Å². The van der Waals surface area contributed by atoms with Gasteiger partial charge in [0.1, 0.15) is 52.2 Å². The summed E-state index contributed by atoms with van der Waals surface area (Å²) in [5.41, 5.74) is 8.97. The van der Waals surface area contributed by atoms with Crippen molar-refractivity contribution in [3.8, 4) is 17.2 Å². The minimum Gasteiger partial charge on any atom is -0.506 e. The molecular formula is C68H59Cl4N15O10. The summed E-state index contributed by atoms with van der Waals surface area (Å²) in [5.74, 6) is -1.73. The molecule has 29 heteroatoms. The molecule has 0 spiro atoms. The average Bonchev–Trinajstić information content (AvgIpc) is 0.911. The Kier molecular flexibility index (Phi) is 23.5. The van der Waals surface area contributed by atoms with Crippen LogP contribution >= 0.6 is 46.4 Å². The SMILES string of the molecule is CN1CCN=C1c1ccc(C(=O)Nc2c(O)cccc2C(=O)Nc2ccc(Cl)cn2)cc1.CN=C(N)c1ccc(C(=O)Nc2c(O)cc(Cl)cc2C(=O)Nc2ccc(Cl)cn2)cc1.N=C(c1ccc(C(=O)Nc2c(O)cccc2C(=O)Nc2ccc(Cl)cn2)cc1)N1CCOCC1. The maximum absolute atomic E-state index is 12.9. The smallest absolute Gasteiger partial charge is 0.259 e. The van der Waals surface area contributed by atoms with Crippen LogP contribution < -0.4 is 37.6 Å². The molecular weight excluding hydrogens is 1330 g/mol. The number of amides is 6. The lowest BCUT2D eigenvalue weighted by Crippen LogP contribution is -2.40. The maximum atomic E-state index is 12.9. The Morgan fingerprint density at radius 1 is 0.485 bits per heavy atom. The predicted octanol–water partition coefficient (Wildman–Crippen LogP) is 11.2. The van der Waals surface area contributed by atoms with E-state index in [1.54, 1.807) is 92.0 Å². The fourth-order valence-corrected chi connectivity index (χ4v) is 9.91. The van der Waals surface area contributed by atoms with Gasteiger partial charge in [-0.15, -0.1) is 0 Å². The third-order valence-corrected chi connectivity index (χ3v) is 15.3. The molecule has 12 N–H and O–H groups in total. The number of nitrogens with zero attached hydrogens (tertiary/aromatic N) is 7. The van der Waals surface area contributed by atoms with Crippen molar-refractivity contribution in [2.24, 2.45) is 15.7 Å². The van der Waals surface area contributed by atoms with Gasteiger partial charge < -0.3 is 67.5 Å². The lowest BCUT2D eigenvalue weighted by Gasteiger charge is -2.29. The number of carbonyl (C=O) groups excluding carboxylic acids is 6. The lowest BCUT2D eigenvalue weighted by molar-refractivity contribution is 0.0680. The van der Waals surface area contributed by atoms with Crippen LogP contribution in [0.4, 0.5) is 34.5 Å². The minimum absolute atomic E-state index is 0.00735. The van der Waals surface area contributed by atoms with E-state index >= 15 is 0 Å². The molecule has 9 aromatic rings. The fraction of sp³-hybridized carbons (Fsp3) is 0.118. The number of hydrogen-bond acceptors (Lipinski definition) is 17. The highest BCUT2D eigenvalue weighted by Gasteiger charge is 2.24. The van der Waals surface area contributed by atoms with Crippen molar-refractivity contribution in [3.63, 3.8) is 0 Å². The molecule has 97 heavy (non-hydrogen) atoms. The second-order valence-electron chi connectivity index (χ2n) is 21.0. The number of benzene rings is 6. The van der Waals surface area contributed by atoms with Gasteiger partial charge in [-0.1, -0.05) is 94.9 Å².